The van der Waals surface area contributed by atoms with Gasteiger partial charge in [0.15, 0.2) is 0 Å². The molecule has 0 atom stereocenters. The third kappa shape index (κ3) is 4.97. The lowest BCUT2D eigenvalue weighted by Gasteiger charge is -2.21. The quantitative estimate of drug-likeness (QED) is 0.783. The van der Waals surface area contributed by atoms with Gasteiger partial charge in [0.25, 0.3) is 0 Å². The molecule has 3 heteroatoms. The van der Waals surface area contributed by atoms with Crippen LogP contribution in [0.15, 0.2) is 54.6 Å². The van der Waals surface area contributed by atoms with Gasteiger partial charge in [-0.25, -0.2) is 0 Å². The van der Waals surface area contributed by atoms with Crippen molar-refractivity contribution in [1.82, 2.24) is 4.90 Å². The molecule has 0 spiro atoms. The summed E-state index contributed by atoms with van der Waals surface area (Å²) < 4.78 is 0. The lowest BCUT2D eigenvalue weighted by atomic mass is 10.0. The molecule has 21 heavy (non-hydrogen) atoms. The maximum Gasteiger partial charge on any atom is 0.0558 e. The Hall–Kier alpha value is -1.68. The fraction of sp³-hybridized carbons (Fsp3) is 0.333. The first-order valence-corrected chi connectivity index (χ1v) is 7.42. The van der Waals surface area contributed by atoms with Crippen LogP contribution in [0.1, 0.15) is 12.0 Å². The van der Waals surface area contributed by atoms with Gasteiger partial charge in [-0.05, 0) is 29.2 Å². The maximum absolute atomic E-state index is 9.14. The zero-order valence-electron chi connectivity index (χ0n) is 12.3. The van der Waals surface area contributed by atoms with Crippen LogP contribution in [-0.2, 0) is 6.54 Å². The summed E-state index contributed by atoms with van der Waals surface area (Å²) in [6.07, 6.45) is 0.734. The molecule has 0 aromatic heterocycles. The average molecular weight is 285 g/mol. The van der Waals surface area contributed by atoms with Crippen LogP contribution in [0.3, 0.4) is 0 Å². The summed E-state index contributed by atoms with van der Waals surface area (Å²) in [6.45, 7) is 2.55. The molecule has 0 saturated carbocycles. The fourth-order valence-corrected chi connectivity index (χ4v) is 2.44. The van der Waals surface area contributed by atoms with Crippen LogP contribution in [0.25, 0.3) is 11.1 Å². The van der Waals surface area contributed by atoms with E-state index >= 15 is 0 Å². The van der Waals surface area contributed by atoms with Gasteiger partial charge < -0.3 is 10.2 Å². The molecule has 2 rings (SSSR count). The predicted octanol–water partition coefficient (Wildman–Crippen LogP) is 2.53. The van der Waals surface area contributed by atoms with E-state index < -0.39 is 0 Å². The third-order valence-corrected chi connectivity index (χ3v) is 3.49. The first-order valence-electron chi connectivity index (χ1n) is 7.42. The molecule has 0 aliphatic rings. The van der Waals surface area contributed by atoms with E-state index in [0.717, 1.165) is 19.5 Å². The van der Waals surface area contributed by atoms with E-state index in [2.05, 4.69) is 41.3 Å². The van der Waals surface area contributed by atoms with E-state index in [1.165, 1.54) is 16.7 Å². The molecule has 2 aromatic carbocycles. The molecule has 0 aliphatic carbocycles. The third-order valence-electron chi connectivity index (χ3n) is 3.49. The van der Waals surface area contributed by atoms with Crippen molar-refractivity contribution in [3.05, 3.63) is 60.2 Å². The smallest absolute Gasteiger partial charge is 0.0558 e. The summed E-state index contributed by atoms with van der Waals surface area (Å²) in [4.78, 5) is 2.17. The topological polar surface area (TPSA) is 43.7 Å². The van der Waals surface area contributed by atoms with Crippen molar-refractivity contribution in [2.45, 2.75) is 13.0 Å². The van der Waals surface area contributed by atoms with Crippen molar-refractivity contribution in [3.8, 4) is 11.1 Å². The Bertz CT molecular complexity index is 528. The minimum absolute atomic E-state index is 0.143. The van der Waals surface area contributed by atoms with Crippen LogP contribution in [-0.4, -0.2) is 41.4 Å². The molecule has 0 heterocycles. The summed E-state index contributed by atoms with van der Waals surface area (Å²) in [5.74, 6) is 0. The van der Waals surface area contributed by atoms with Gasteiger partial charge in [0.2, 0.25) is 0 Å². The second-order valence-electron chi connectivity index (χ2n) is 5.14. The molecule has 112 valence electrons. The fourth-order valence-electron chi connectivity index (χ4n) is 2.44. The lowest BCUT2D eigenvalue weighted by Crippen LogP contribution is -2.28. The van der Waals surface area contributed by atoms with Crippen molar-refractivity contribution in [2.24, 2.45) is 0 Å². The minimum atomic E-state index is 0.143. The summed E-state index contributed by atoms with van der Waals surface area (Å²) in [7, 11) is 0. The van der Waals surface area contributed by atoms with Crippen molar-refractivity contribution in [1.29, 1.82) is 0 Å². The van der Waals surface area contributed by atoms with Gasteiger partial charge in [0, 0.05) is 26.2 Å². The molecule has 3 nitrogen and oxygen atoms in total. The second kappa shape index (κ2) is 8.57. The van der Waals surface area contributed by atoms with Gasteiger partial charge >= 0.3 is 0 Å². The van der Waals surface area contributed by atoms with Gasteiger partial charge in [0.05, 0.1) is 6.61 Å². The van der Waals surface area contributed by atoms with Gasteiger partial charge in [-0.15, -0.1) is 0 Å². The van der Waals surface area contributed by atoms with E-state index in [1.54, 1.807) is 0 Å². The van der Waals surface area contributed by atoms with E-state index in [-0.39, 0.29) is 13.2 Å². The van der Waals surface area contributed by atoms with Crippen LogP contribution < -0.4 is 0 Å². The standard InChI is InChI=1S/C18H23NO2/c20-12-5-10-19(11-13-21)15-16-6-4-9-18(14-16)17-7-2-1-3-8-17/h1-4,6-9,14,20-21H,5,10-13,15H2. The number of nitrogens with zero attached hydrogens (tertiary/aromatic N) is 1. The summed E-state index contributed by atoms with van der Waals surface area (Å²) >= 11 is 0. The van der Waals surface area contributed by atoms with Crippen LogP contribution in [0.4, 0.5) is 0 Å². The zero-order valence-corrected chi connectivity index (χ0v) is 12.3. The molecule has 0 fully saturated rings. The first-order chi connectivity index (χ1) is 10.3. The molecule has 0 radical (unpaired) electrons. The highest BCUT2D eigenvalue weighted by atomic mass is 16.3. The number of rotatable bonds is 8. The Labute approximate surface area is 126 Å². The average Bonchev–Trinajstić information content (AvgIpc) is 2.54. The van der Waals surface area contributed by atoms with E-state index in [1.807, 2.05) is 18.2 Å². The molecule has 0 bridgehead atoms. The first kappa shape index (κ1) is 15.7. The molecular weight excluding hydrogens is 262 g/mol. The predicted molar refractivity (Wildman–Crippen MR) is 85.9 cm³/mol. The van der Waals surface area contributed by atoms with Crippen LogP contribution in [0.5, 0.6) is 0 Å². The van der Waals surface area contributed by atoms with E-state index in [4.69, 9.17) is 10.2 Å². The molecule has 0 amide bonds. The Morgan fingerprint density at radius 2 is 1.52 bits per heavy atom. The van der Waals surface area contributed by atoms with Crippen LogP contribution >= 0.6 is 0 Å². The van der Waals surface area contributed by atoms with Gasteiger partial charge in [-0.2, -0.15) is 0 Å². The van der Waals surface area contributed by atoms with Crippen molar-refractivity contribution < 1.29 is 10.2 Å². The highest BCUT2D eigenvalue weighted by molar-refractivity contribution is 5.63. The monoisotopic (exact) mass is 285 g/mol. The molecule has 0 aliphatic heterocycles. The van der Waals surface area contributed by atoms with Gasteiger partial charge in [-0.1, -0.05) is 48.5 Å². The van der Waals surface area contributed by atoms with Crippen LogP contribution in [0.2, 0.25) is 0 Å². The SMILES string of the molecule is OCCCN(CCO)Cc1cccc(-c2ccccc2)c1. The van der Waals surface area contributed by atoms with Crippen molar-refractivity contribution in [3.63, 3.8) is 0 Å². The Morgan fingerprint density at radius 3 is 2.24 bits per heavy atom. The molecule has 0 unspecified atom stereocenters. The summed E-state index contributed by atoms with van der Waals surface area (Å²) in [5.41, 5.74) is 3.64. The molecule has 2 aromatic rings. The number of hydrogen-bond acceptors (Lipinski definition) is 3. The van der Waals surface area contributed by atoms with Crippen molar-refractivity contribution >= 4 is 0 Å². The normalized spacial score (nSPS) is 11.0. The second-order valence-corrected chi connectivity index (χ2v) is 5.14. The number of aliphatic hydroxyl groups is 2. The Kier molecular flexibility index (Phi) is 6.41. The van der Waals surface area contributed by atoms with Gasteiger partial charge in [0.1, 0.15) is 0 Å². The van der Waals surface area contributed by atoms with Crippen LogP contribution in [0, 0.1) is 0 Å². The van der Waals surface area contributed by atoms with Gasteiger partial charge in [-0.3, -0.25) is 4.90 Å². The molecule has 2 N–H and O–H groups in total. The molecule has 0 saturated heterocycles. The number of aliphatic hydroxyl groups excluding tert-OH is 2. The highest BCUT2D eigenvalue weighted by Crippen LogP contribution is 2.20. The van der Waals surface area contributed by atoms with E-state index in [9.17, 15) is 0 Å². The Balaban J connectivity index is 2.09. The maximum atomic E-state index is 9.14. The van der Waals surface area contributed by atoms with Crippen molar-refractivity contribution in [2.75, 3.05) is 26.3 Å². The number of benzene rings is 2. The minimum Gasteiger partial charge on any atom is -0.396 e. The highest BCUT2D eigenvalue weighted by Gasteiger charge is 2.06. The van der Waals surface area contributed by atoms with E-state index in [0.29, 0.717) is 6.54 Å². The Morgan fingerprint density at radius 1 is 0.762 bits per heavy atom. The molecular formula is C18H23NO2. The summed E-state index contributed by atoms with van der Waals surface area (Å²) in [6, 6.07) is 18.8. The number of hydrogen-bond donors (Lipinski definition) is 2. The summed E-state index contributed by atoms with van der Waals surface area (Å²) in [5, 5.41) is 18.1. The largest absolute Gasteiger partial charge is 0.396 e. The zero-order chi connectivity index (χ0) is 14.9. The lowest BCUT2D eigenvalue weighted by molar-refractivity contribution is 0.174.